The Hall–Kier alpha value is -1.54. The molecule has 0 aliphatic heterocycles. The molecule has 0 spiro atoms. The second kappa shape index (κ2) is 15.3. The van der Waals surface area contributed by atoms with E-state index in [0.29, 0.717) is 25.7 Å². The van der Waals surface area contributed by atoms with Crippen molar-refractivity contribution in [3.05, 3.63) is 24.3 Å². The van der Waals surface area contributed by atoms with Gasteiger partial charge in [-0.2, -0.15) is 0 Å². The fraction of sp³-hybridized carbons (Fsp3) is 0.739. The lowest BCUT2D eigenvalue weighted by molar-refractivity contribution is -0.153. The number of carbonyl (C=O) groups is 2. The third-order valence-electron chi connectivity index (χ3n) is 5.41. The second-order valence-electron chi connectivity index (χ2n) is 7.95. The lowest BCUT2D eigenvalue weighted by Gasteiger charge is -2.16. The first kappa shape index (κ1) is 26.5. The van der Waals surface area contributed by atoms with Crippen molar-refractivity contribution in [2.24, 2.45) is 11.8 Å². The third-order valence-corrected chi connectivity index (χ3v) is 5.41. The van der Waals surface area contributed by atoms with E-state index in [2.05, 4.69) is 6.92 Å². The van der Waals surface area contributed by atoms with Crippen LogP contribution in [-0.4, -0.2) is 63.7 Å². The molecule has 30 heavy (non-hydrogen) atoms. The maximum absolute atomic E-state index is 12.2. The van der Waals surface area contributed by atoms with Crippen LogP contribution in [0.1, 0.15) is 64.7 Å². The zero-order valence-corrected chi connectivity index (χ0v) is 18.0. The molecular formula is C23H38O7. The first-order chi connectivity index (χ1) is 14.4. The Morgan fingerprint density at radius 2 is 1.93 bits per heavy atom. The fourth-order valence-electron chi connectivity index (χ4n) is 3.59. The number of rotatable bonds is 15. The van der Waals surface area contributed by atoms with Crippen LogP contribution in [0.15, 0.2) is 24.3 Å². The molecule has 1 aliphatic rings. The van der Waals surface area contributed by atoms with Crippen molar-refractivity contribution in [2.45, 2.75) is 83.0 Å². The van der Waals surface area contributed by atoms with Crippen molar-refractivity contribution < 1.29 is 34.8 Å². The number of unbranched alkanes of at least 4 members (excludes halogenated alkanes) is 3. The molecule has 4 N–H and O–H groups in total. The molecule has 1 unspecified atom stereocenters. The summed E-state index contributed by atoms with van der Waals surface area (Å²) < 4.78 is 4.89. The number of Topliss-reactive ketones (excluding diaryl/α,β-unsaturated/α-hetero) is 1. The summed E-state index contributed by atoms with van der Waals surface area (Å²) >= 11 is 0. The summed E-state index contributed by atoms with van der Waals surface area (Å²) in [4.78, 5) is 23.8. The van der Waals surface area contributed by atoms with Gasteiger partial charge in [-0.15, -0.1) is 0 Å². The molecular weight excluding hydrogens is 388 g/mol. The van der Waals surface area contributed by atoms with Crippen LogP contribution in [0.25, 0.3) is 0 Å². The van der Waals surface area contributed by atoms with Gasteiger partial charge in [-0.05, 0) is 25.7 Å². The Morgan fingerprint density at radius 3 is 2.60 bits per heavy atom. The lowest BCUT2D eigenvalue weighted by atomic mass is 9.90. The van der Waals surface area contributed by atoms with Crippen LogP contribution in [0.4, 0.5) is 0 Å². The van der Waals surface area contributed by atoms with Crippen LogP contribution >= 0.6 is 0 Å². The predicted molar refractivity (Wildman–Crippen MR) is 114 cm³/mol. The van der Waals surface area contributed by atoms with Gasteiger partial charge in [0.25, 0.3) is 0 Å². The molecule has 0 amide bonds. The summed E-state index contributed by atoms with van der Waals surface area (Å²) in [6.07, 6.45) is 11.0. The molecule has 0 aromatic carbocycles. The number of carbonyl (C=O) groups excluding carboxylic acids is 2. The third kappa shape index (κ3) is 9.98. The number of hydrogen-bond donors (Lipinski definition) is 4. The van der Waals surface area contributed by atoms with Gasteiger partial charge in [0.1, 0.15) is 11.9 Å². The van der Waals surface area contributed by atoms with Crippen LogP contribution in [0, 0.1) is 11.8 Å². The fourth-order valence-corrected chi connectivity index (χ4v) is 3.59. The predicted octanol–water partition coefficient (Wildman–Crippen LogP) is 2.06. The Balaban J connectivity index is 2.40. The van der Waals surface area contributed by atoms with E-state index in [4.69, 9.17) is 14.9 Å². The lowest BCUT2D eigenvalue weighted by Crippen LogP contribution is -2.25. The highest BCUT2D eigenvalue weighted by Gasteiger charge is 2.39. The van der Waals surface area contributed by atoms with E-state index in [1.807, 2.05) is 12.2 Å². The van der Waals surface area contributed by atoms with Crippen molar-refractivity contribution >= 4 is 11.8 Å². The van der Waals surface area contributed by atoms with Crippen LogP contribution in [0.3, 0.4) is 0 Å². The summed E-state index contributed by atoms with van der Waals surface area (Å²) in [7, 11) is 0. The van der Waals surface area contributed by atoms with Crippen molar-refractivity contribution in [1.82, 2.24) is 0 Å². The summed E-state index contributed by atoms with van der Waals surface area (Å²) in [6.45, 7) is 1.29. The van der Waals surface area contributed by atoms with Crippen LogP contribution in [0.5, 0.6) is 0 Å². The molecule has 0 heterocycles. The Kier molecular flexibility index (Phi) is 13.5. The van der Waals surface area contributed by atoms with Gasteiger partial charge in [-0.25, -0.2) is 0 Å². The molecule has 1 saturated carbocycles. The Labute approximate surface area is 179 Å². The van der Waals surface area contributed by atoms with Crippen LogP contribution < -0.4 is 0 Å². The molecule has 7 heteroatoms. The zero-order chi connectivity index (χ0) is 22.4. The molecule has 1 rings (SSSR count). The molecule has 0 aromatic rings. The standard InChI is InChI=1S/C23H38O7/c1-2-3-6-9-17(26)12-13-20-19(21(27)14-22(20)28)10-7-4-5-8-11-23(29)30-18(15-24)16-25/h4,7,12-13,17-20,22,24-26,28H,2-3,5-6,8-11,14-16H2,1H3/b7-4-,13-12+/t17-,19+,20?,22+/m0/s1. The van der Waals surface area contributed by atoms with Crippen molar-refractivity contribution in [3.8, 4) is 0 Å². The minimum Gasteiger partial charge on any atom is -0.457 e. The first-order valence-corrected chi connectivity index (χ1v) is 11.1. The van der Waals surface area contributed by atoms with E-state index in [1.165, 1.54) is 0 Å². The van der Waals surface area contributed by atoms with Crippen LogP contribution in [-0.2, 0) is 14.3 Å². The van der Waals surface area contributed by atoms with Gasteiger partial charge in [-0.1, -0.05) is 50.5 Å². The van der Waals surface area contributed by atoms with Gasteiger partial charge in [-0.3, -0.25) is 9.59 Å². The Morgan fingerprint density at radius 1 is 1.20 bits per heavy atom. The minimum absolute atomic E-state index is 0.0323. The number of esters is 1. The average molecular weight is 427 g/mol. The Bertz CT molecular complexity index is 554. The van der Waals surface area contributed by atoms with E-state index in [9.17, 15) is 19.8 Å². The van der Waals surface area contributed by atoms with E-state index in [-0.39, 0.29) is 30.5 Å². The second-order valence-corrected chi connectivity index (χ2v) is 7.95. The van der Waals surface area contributed by atoms with Gasteiger partial charge in [0.15, 0.2) is 0 Å². The van der Waals surface area contributed by atoms with E-state index < -0.39 is 37.5 Å². The molecule has 0 radical (unpaired) electrons. The molecule has 0 aromatic heterocycles. The SMILES string of the molecule is CCCCC[C@H](O)/C=C/C1[C@H](O)CC(=O)[C@@H]1C/C=C\CCCC(=O)OC(CO)CO. The largest absolute Gasteiger partial charge is 0.457 e. The molecule has 7 nitrogen and oxygen atoms in total. The highest BCUT2D eigenvalue weighted by Crippen LogP contribution is 2.33. The van der Waals surface area contributed by atoms with Crippen molar-refractivity contribution in [2.75, 3.05) is 13.2 Å². The molecule has 0 saturated heterocycles. The summed E-state index contributed by atoms with van der Waals surface area (Å²) in [5.74, 6) is -1.01. The number of ether oxygens (including phenoxy) is 1. The van der Waals surface area contributed by atoms with E-state index >= 15 is 0 Å². The molecule has 1 fully saturated rings. The highest BCUT2D eigenvalue weighted by atomic mass is 16.6. The van der Waals surface area contributed by atoms with Gasteiger partial charge < -0.3 is 25.2 Å². The molecule has 172 valence electrons. The van der Waals surface area contributed by atoms with E-state index in [1.54, 1.807) is 12.2 Å². The number of hydrogen-bond acceptors (Lipinski definition) is 7. The number of allylic oxidation sites excluding steroid dienone is 2. The van der Waals surface area contributed by atoms with Gasteiger partial charge in [0.05, 0.1) is 25.4 Å². The molecule has 1 aliphatic carbocycles. The smallest absolute Gasteiger partial charge is 0.306 e. The van der Waals surface area contributed by atoms with Crippen molar-refractivity contribution in [3.63, 3.8) is 0 Å². The highest BCUT2D eigenvalue weighted by molar-refractivity contribution is 5.84. The van der Waals surface area contributed by atoms with E-state index in [0.717, 1.165) is 19.3 Å². The molecule has 4 atom stereocenters. The quantitative estimate of drug-likeness (QED) is 0.179. The number of ketones is 1. The van der Waals surface area contributed by atoms with Crippen LogP contribution in [0.2, 0.25) is 0 Å². The average Bonchev–Trinajstić information content (AvgIpc) is 2.99. The zero-order valence-electron chi connectivity index (χ0n) is 18.0. The summed E-state index contributed by atoms with van der Waals surface area (Å²) in [5, 5.41) is 38.0. The summed E-state index contributed by atoms with van der Waals surface area (Å²) in [6, 6.07) is 0. The topological polar surface area (TPSA) is 124 Å². The monoisotopic (exact) mass is 426 g/mol. The van der Waals surface area contributed by atoms with Crippen molar-refractivity contribution in [1.29, 1.82) is 0 Å². The van der Waals surface area contributed by atoms with Gasteiger partial charge >= 0.3 is 5.97 Å². The summed E-state index contributed by atoms with van der Waals surface area (Å²) in [5.41, 5.74) is 0. The maximum Gasteiger partial charge on any atom is 0.306 e. The molecule has 0 bridgehead atoms. The van der Waals surface area contributed by atoms with Gasteiger partial charge in [0, 0.05) is 24.7 Å². The minimum atomic E-state index is -0.872. The normalized spacial score (nSPS) is 23.1. The van der Waals surface area contributed by atoms with Gasteiger partial charge in [0.2, 0.25) is 0 Å². The first-order valence-electron chi connectivity index (χ1n) is 11.1. The maximum atomic E-state index is 12.2. The number of aliphatic hydroxyl groups is 4. The number of aliphatic hydroxyl groups excluding tert-OH is 4.